The average Bonchev–Trinajstić information content (AvgIpc) is 2.83. The molecule has 0 spiro atoms. The zero-order valence-electron chi connectivity index (χ0n) is 17.4. The van der Waals surface area contributed by atoms with Gasteiger partial charge in [0.05, 0.1) is 6.54 Å². The highest BCUT2D eigenvalue weighted by atomic mass is 19.1. The van der Waals surface area contributed by atoms with Crippen LogP contribution in [-0.2, 0) is 13.1 Å². The molecule has 1 aromatic heterocycles. The Morgan fingerprint density at radius 3 is 2.38 bits per heavy atom. The summed E-state index contributed by atoms with van der Waals surface area (Å²) in [4.78, 5) is 24.9. The molecule has 0 radical (unpaired) electrons. The molecule has 0 aliphatic carbocycles. The highest BCUT2D eigenvalue weighted by Gasteiger charge is 2.11. The van der Waals surface area contributed by atoms with Gasteiger partial charge in [0.2, 0.25) is 0 Å². The zero-order valence-corrected chi connectivity index (χ0v) is 17.4. The maximum absolute atomic E-state index is 13.4. The average molecular weight is 434 g/mol. The van der Waals surface area contributed by atoms with Crippen LogP contribution in [0.5, 0.6) is 0 Å². The minimum absolute atomic E-state index is 0.146. The van der Waals surface area contributed by atoms with E-state index in [0.29, 0.717) is 23.4 Å². The van der Waals surface area contributed by atoms with Crippen molar-refractivity contribution in [1.82, 2.24) is 15.3 Å². The fourth-order valence-electron chi connectivity index (χ4n) is 2.82. The Balaban J connectivity index is 1.64. The second kappa shape index (κ2) is 10.1. The highest BCUT2D eigenvalue weighted by molar-refractivity contribution is 5.99. The van der Waals surface area contributed by atoms with Gasteiger partial charge in [-0.15, -0.1) is 0 Å². The monoisotopic (exact) mass is 434 g/mol. The van der Waals surface area contributed by atoms with E-state index in [4.69, 9.17) is 17.3 Å². The predicted molar refractivity (Wildman–Crippen MR) is 120 cm³/mol. The van der Waals surface area contributed by atoms with Gasteiger partial charge in [-0.05, 0) is 35.7 Å². The van der Waals surface area contributed by atoms with Gasteiger partial charge >= 0.3 is 0 Å². The van der Waals surface area contributed by atoms with E-state index in [9.17, 15) is 9.18 Å². The van der Waals surface area contributed by atoms with Crippen LogP contribution in [0.25, 0.3) is 0 Å². The number of amidine groups is 2. The molecular weight excluding hydrogens is 411 g/mol. The maximum Gasteiger partial charge on any atom is 0.270 e. The summed E-state index contributed by atoms with van der Waals surface area (Å²) < 4.78 is 13.4. The molecule has 0 saturated carbocycles. The first kappa shape index (κ1) is 22.3. The molecule has 3 aromatic rings. The number of carbonyl (C=O) groups excluding carboxylic acids is 1. The number of carbonyl (C=O) groups is 1. The van der Waals surface area contributed by atoms with Crippen molar-refractivity contribution in [1.29, 1.82) is 0 Å². The quantitative estimate of drug-likeness (QED) is 0.190. The van der Waals surface area contributed by atoms with Crippen molar-refractivity contribution in [2.75, 3.05) is 0 Å². The van der Waals surface area contributed by atoms with Crippen LogP contribution in [-0.4, -0.2) is 27.5 Å². The Hall–Kier alpha value is -4.34. The first-order valence-corrected chi connectivity index (χ1v) is 9.65. The number of halogens is 1. The van der Waals surface area contributed by atoms with Crippen molar-refractivity contribution < 1.29 is 9.18 Å². The summed E-state index contributed by atoms with van der Waals surface area (Å²) in [5.74, 6) is 4.88. The number of aromatic nitrogens is 2. The third kappa shape index (κ3) is 5.63. The largest absolute Gasteiger partial charge is 0.382 e. The van der Waals surface area contributed by atoms with Gasteiger partial charge in [0.25, 0.3) is 5.91 Å². The Morgan fingerprint density at radius 2 is 1.69 bits per heavy atom. The fourth-order valence-corrected chi connectivity index (χ4v) is 2.82. The number of hydrogen-bond donors (Lipinski definition) is 4. The van der Waals surface area contributed by atoms with Gasteiger partial charge in [-0.25, -0.2) is 14.4 Å². The lowest BCUT2D eigenvalue weighted by Gasteiger charge is -2.07. The summed E-state index contributed by atoms with van der Waals surface area (Å²) in [5.41, 5.74) is 15.1. The van der Waals surface area contributed by atoms with Crippen LogP contribution < -0.4 is 22.6 Å². The number of rotatable bonds is 7. The normalized spacial score (nSPS) is 11.9. The number of nitrogens with two attached hydrogens (primary N) is 3. The molecule has 10 heteroatoms. The number of benzene rings is 2. The minimum Gasteiger partial charge on any atom is -0.382 e. The fraction of sp³-hybridized carbons (Fsp3) is 0.136. The molecule has 1 amide bonds. The van der Waals surface area contributed by atoms with Crippen LogP contribution in [0, 0.1) is 12.7 Å². The maximum atomic E-state index is 13.4. The lowest BCUT2D eigenvalue weighted by molar-refractivity contribution is 0.0945. The first-order chi connectivity index (χ1) is 15.4. The number of hydrazone groups is 1. The van der Waals surface area contributed by atoms with Gasteiger partial charge in [-0.1, -0.05) is 36.4 Å². The summed E-state index contributed by atoms with van der Waals surface area (Å²) in [6.45, 7) is 2.21. The lowest BCUT2D eigenvalue weighted by Crippen LogP contribution is -2.25. The van der Waals surface area contributed by atoms with Crippen LogP contribution in [0.2, 0.25) is 0 Å². The lowest BCUT2D eigenvalue weighted by atomic mass is 10.1. The second-order valence-corrected chi connectivity index (χ2v) is 6.97. The molecule has 7 N–H and O–H groups in total. The Kier molecular flexibility index (Phi) is 7.06. The van der Waals surface area contributed by atoms with Crippen LogP contribution in [0.15, 0.2) is 65.0 Å². The van der Waals surface area contributed by atoms with Gasteiger partial charge in [0.15, 0.2) is 0 Å². The van der Waals surface area contributed by atoms with Gasteiger partial charge in [0.1, 0.15) is 35.2 Å². The number of nitrogens with zero attached hydrogens (tertiary/aromatic N) is 4. The molecule has 0 atom stereocenters. The molecule has 3 rings (SSSR count). The van der Waals surface area contributed by atoms with Gasteiger partial charge in [0, 0.05) is 12.1 Å². The number of hydrogen-bond acceptors (Lipinski definition) is 6. The van der Waals surface area contributed by atoms with Crippen molar-refractivity contribution in [3.63, 3.8) is 0 Å². The summed E-state index contributed by atoms with van der Waals surface area (Å²) in [7, 11) is 0. The molecule has 0 saturated heterocycles. The van der Waals surface area contributed by atoms with Crippen LogP contribution in [0.4, 0.5) is 4.39 Å². The zero-order chi connectivity index (χ0) is 23.1. The summed E-state index contributed by atoms with van der Waals surface area (Å²) in [5, 5.41) is 6.19. The highest BCUT2D eigenvalue weighted by Crippen LogP contribution is 2.10. The molecule has 9 nitrogen and oxygen atoms in total. The molecule has 32 heavy (non-hydrogen) atoms. The van der Waals surface area contributed by atoms with Crippen molar-refractivity contribution in [2.24, 2.45) is 27.4 Å². The summed E-state index contributed by atoms with van der Waals surface area (Å²) in [6, 6.07) is 13.3. The first-order valence-electron chi connectivity index (χ1n) is 9.65. The minimum atomic E-state index is -0.404. The SMILES string of the molecule is Cc1cc(CNC(=O)c2cc(C(N)=NCc3ccc(/C(N)=N/N)cc3)ncn2)ccc1F. The second-order valence-electron chi connectivity index (χ2n) is 6.97. The van der Waals surface area contributed by atoms with Crippen molar-refractivity contribution >= 4 is 17.6 Å². The Bertz CT molecular complexity index is 1170. The van der Waals surface area contributed by atoms with E-state index >= 15 is 0 Å². The standard InChI is InChI=1S/C22H23FN8O/c1-13-8-15(4-7-17(13)23)11-28-22(32)19-9-18(29-12-30-19)21(25)27-10-14-2-5-16(6-3-14)20(24)31-26/h2-9,12H,10-11,26H2,1H3,(H2,24,31)(H2,25,27)(H,28,32). The van der Waals surface area contributed by atoms with E-state index in [0.717, 1.165) is 11.1 Å². The Morgan fingerprint density at radius 1 is 1.00 bits per heavy atom. The van der Waals surface area contributed by atoms with Crippen molar-refractivity contribution in [3.8, 4) is 0 Å². The molecule has 0 unspecified atom stereocenters. The van der Waals surface area contributed by atoms with E-state index in [1.807, 2.05) is 12.1 Å². The summed E-state index contributed by atoms with van der Waals surface area (Å²) in [6.07, 6.45) is 1.25. The number of amides is 1. The van der Waals surface area contributed by atoms with Crippen molar-refractivity contribution in [3.05, 3.63) is 94.3 Å². The third-order valence-electron chi connectivity index (χ3n) is 4.66. The van der Waals surface area contributed by atoms with Gasteiger partial charge in [-0.3, -0.25) is 9.79 Å². The van der Waals surface area contributed by atoms with E-state index < -0.39 is 5.91 Å². The molecule has 2 aromatic carbocycles. The molecule has 0 fully saturated rings. The molecule has 164 valence electrons. The van der Waals surface area contributed by atoms with E-state index in [2.05, 4.69) is 25.4 Å². The smallest absolute Gasteiger partial charge is 0.270 e. The van der Waals surface area contributed by atoms with E-state index in [-0.39, 0.29) is 29.7 Å². The van der Waals surface area contributed by atoms with Crippen LogP contribution >= 0.6 is 0 Å². The molecule has 0 aliphatic heterocycles. The Labute approximate surface area is 184 Å². The van der Waals surface area contributed by atoms with Crippen molar-refractivity contribution in [2.45, 2.75) is 20.0 Å². The number of aliphatic imine (C=N–C) groups is 1. The predicted octanol–water partition coefficient (Wildman–Crippen LogP) is 1.34. The molecule has 1 heterocycles. The molecule has 0 aliphatic rings. The number of aryl methyl sites for hydroxylation is 1. The summed E-state index contributed by atoms with van der Waals surface area (Å²) >= 11 is 0. The third-order valence-corrected chi connectivity index (χ3v) is 4.66. The van der Waals surface area contributed by atoms with Crippen LogP contribution in [0.3, 0.4) is 0 Å². The topological polar surface area (TPSA) is 158 Å². The van der Waals surface area contributed by atoms with E-state index in [1.54, 1.807) is 31.2 Å². The van der Waals surface area contributed by atoms with Gasteiger partial charge in [-0.2, -0.15) is 5.10 Å². The van der Waals surface area contributed by atoms with E-state index in [1.165, 1.54) is 18.5 Å². The molecular formula is C22H23FN8O. The van der Waals surface area contributed by atoms with Crippen LogP contribution in [0.1, 0.15) is 38.4 Å². The molecule has 0 bridgehead atoms. The van der Waals surface area contributed by atoms with Gasteiger partial charge < -0.3 is 22.6 Å². The number of nitrogens with one attached hydrogen (secondary N) is 1.